The number of anilines is 2. The van der Waals surface area contributed by atoms with E-state index in [4.69, 9.17) is 11.6 Å². The minimum absolute atomic E-state index is 0.0283. The maximum absolute atomic E-state index is 12.0. The van der Waals surface area contributed by atoms with E-state index < -0.39 is 9.84 Å². The largest absolute Gasteiger partial charge is 0.506 e. The molecule has 0 fully saturated rings. The second kappa shape index (κ2) is 6.26. The van der Waals surface area contributed by atoms with Crippen molar-refractivity contribution in [2.75, 3.05) is 11.1 Å². The molecule has 0 saturated heterocycles. The lowest BCUT2D eigenvalue weighted by atomic mass is 10.2. The number of para-hydroxylation sites is 1. The highest BCUT2D eigenvalue weighted by Gasteiger charge is 2.15. The van der Waals surface area contributed by atoms with E-state index in [9.17, 15) is 13.5 Å². The zero-order valence-electron chi connectivity index (χ0n) is 12.7. The van der Waals surface area contributed by atoms with E-state index in [2.05, 4.69) is 15.3 Å². The molecule has 0 aliphatic rings. The van der Waals surface area contributed by atoms with Gasteiger partial charge in [0.15, 0.2) is 9.84 Å². The average molecular weight is 364 g/mol. The average Bonchev–Trinajstić information content (AvgIpc) is 2.56. The number of aromatic hydroxyl groups is 1. The highest BCUT2D eigenvalue weighted by molar-refractivity contribution is 7.91. The molecular formula is C16H14ClN3O3S. The number of sulfone groups is 1. The quantitative estimate of drug-likeness (QED) is 0.544. The van der Waals surface area contributed by atoms with Gasteiger partial charge in [0, 0.05) is 5.39 Å². The summed E-state index contributed by atoms with van der Waals surface area (Å²) in [6, 6.07) is 11.3. The molecule has 124 valence electrons. The summed E-state index contributed by atoms with van der Waals surface area (Å²) >= 11 is 5.94. The number of aromatic nitrogens is 2. The Balaban J connectivity index is 2.11. The van der Waals surface area contributed by atoms with Gasteiger partial charge in [0.2, 0.25) is 5.28 Å². The molecule has 2 aromatic carbocycles. The van der Waals surface area contributed by atoms with Gasteiger partial charge in [-0.1, -0.05) is 19.1 Å². The third-order valence-corrected chi connectivity index (χ3v) is 5.44. The molecule has 6 nitrogen and oxygen atoms in total. The molecule has 0 atom stereocenters. The fourth-order valence-electron chi connectivity index (χ4n) is 2.25. The zero-order chi connectivity index (χ0) is 17.3. The summed E-state index contributed by atoms with van der Waals surface area (Å²) < 4.78 is 24.1. The Labute approximate surface area is 144 Å². The summed E-state index contributed by atoms with van der Waals surface area (Å²) in [5.41, 5.74) is 0.862. The fourth-order valence-corrected chi connectivity index (χ4v) is 3.33. The van der Waals surface area contributed by atoms with E-state index in [1.165, 1.54) is 18.2 Å². The van der Waals surface area contributed by atoms with Crippen LogP contribution < -0.4 is 5.32 Å². The molecule has 24 heavy (non-hydrogen) atoms. The number of nitrogens with zero attached hydrogens (tertiary/aromatic N) is 2. The summed E-state index contributed by atoms with van der Waals surface area (Å²) in [7, 11) is -3.39. The van der Waals surface area contributed by atoms with E-state index in [0.29, 0.717) is 16.7 Å². The van der Waals surface area contributed by atoms with Crippen LogP contribution in [0.25, 0.3) is 10.9 Å². The van der Waals surface area contributed by atoms with Gasteiger partial charge in [0.25, 0.3) is 0 Å². The molecular weight excluding hydrogens is 350 g/mol. The first kappa shape index (κ1) is 16.5. The third-order valence-electron chi connectivity index (χ3n) is 3.54. The van der Waals surface area contributed by atoms with Gasteiger partial charge in [-0.25, -0.2) is 13.4 Å². The molecule has 3 aromatic rings. The molecule has 0 aliphatic heterocycles. The van der Waals surface area contributed by atoms with Crippen LogP contribution in [0.3, 0.4) is 0 Å². The Hall–Kier alpha value is -2.38. The van der Waals surface area contributed by atoms with E-state index in [1.54, 1.807) is 19.1 Å². The maximum atomic E-state index is 12.0. The molecule has 1 aromatic heterocycles. The van der Waals surface area contributed by atoms with Gasteiger partial charge < -0.3 is 10.4 Å². The number of phenolic OH excluding ortho intramolecular Hbond substituents is 1. The predicted molar refractivity (Wildman–Crippen MR) is 93.7 cm³/mol. The maximum Gasteiger partial charge on any atom is 0.224 e. The van der Waals surface area contributed by atoms with Crippen molar-refractivity contribution in [1.29, 1.82) is 0 Å². The molecule has 1 heterocycles. The summed E-state index contributed by atoms with van der Waals surface area (Å²) in [4.78, 5) is 8.38. The number of benzene rings is 2. The number of hydrogen-bond acceptors (Lipinski definition) is 6. The number of hydrogen-bond donors (Lipinski definition) is 2. The van der Waals surface area contributed by atoms with E-state index in [0.717, 1.165) is 0 Å². The Morgan fingerprint density at radius 3 is 2.67 bits per heavy atom. The van der Waals surface area contributed by atoms with Crippen molar-refractivity contribution >= 4 is 43.8 Å². The van der Waals surface area contributed by atoms with Crippen LogP contribution in [0.4, 0.5) is 11.5 Å². The Kier molecular flexibility index (Phi) is 4.29. The third kappa shape index (κ3) is 3.13. The van der Waals surface area contributed by atoms with Crippen LogP contribution in [0.5, 0.6) is 5.75 Å². The van der Waals surface area contributed by atoms with Gasteiger partial charge in [0.05, 0.1) is 21.9 Å². The van der Waals surface area contributed by atoms with Crippen LogP contribution >= 0.6 is 11.6 Å². The van der Waals surface area contributed by atoms with E-state index >= 15 is 0 Å². The minimum atomic E-state index is -3.39. The minimum Gasteiger partial charge on any atom is -0.506 e. The first-order valence-electron chi connectivity index (χ1n) is 7.16. The highest BCUT2D eigenvalue weighted by atomic mass is 35.5. The normalized spacial score (nSPS) is 11.6. The molecule has 0 saturated carbocycles. The number of fused-ring (bicyclic) bond motifs is 1. The van der Waals surface area contributed by atoms with E-state index in [1.807, 2.05) is 12.1 Å². The topological polar surface area (TPSA) is 92.2 Å². The molecule has 2 N–H and O–H groups in total. The molecule has 8 heteroatoms. The second-order valence-electron chi connectivity index (χ2n) is 5.07. The summed E-state index contributed by atoms with van der Waals surface area (Å²) in [6.45, 7) is 1.56. The van der Waals surface area contributed by atoms with Gasteiger partial charge in [-0.3, -0.25) is 0 Å². The molecule has 0 radical (unpaired) electrons. The lowest BCUT2D eigenvalue weighted by Crippen LogP contribution is -2.04. The summed E-state index contributed by atoms with van der Waals surface area (Å²) in [5, 5.41) is 13.7. The van der Waals surface area contributed by atoms with Crippen LogP contribution in [-0.2, 0) is 9.84 Å². The first-order chi connectivity index (χ1) is 11.4. The van der Waals surface area contributed by atoms with Gasteiger partial charge in [-0.05, 0) is 41.9 Å². The van der Waals surface area contributed by atoms with Crippen LogP contribution in [0.2, 0.25) is 5.28 Å². The molecule has 0 unspecified atom stereocenters. The number of phenols is 1. The van der Waals surface area contributed by atoms with Crippen LogP contribution in [-0.4, -0.2) is 29.2 Å². The number of rotatable bonds is 4. The van der Waals surface area contributed by atoms with Crippen LogP contribution in [0.1, 0.15) is 6.92 Å². The fraction of sp³-hybridized carbons (Fsp3) is 0.125. The number of nitrogens with one attached hydrogen (secondary N) is 1. The van der Waals surface area contributed by atoms with E-state index in [-0.39, 0.29) is 27.4 Å². The molecule has 0 bridgehead atoms. The van der Waals surface area contributed by atoms with Crippen molar-refractivity contribution < 1.29 is 13.5 Å². The molecule has 3 rings (SSSR count). The van der Waals surface area contributed by atoms with Crippen molar-refractivity contribution in [1.82, 2.24) is 9.97 Å². The van der Waals surface area contributed by atoms with Gasteiger partial charge >= 0.3 is 0 Å². The molecule has 0 spiro atoms. The van der Waals surface area contributed by atoms with Crippen molar-refractivity contribution in [3.63, 3.8) is 0 Å². The molecule has 0 aliphatic carbocycles. The Bertz CT molecular complexity index is 1020. The van der Waals surface area contributed by atoms with Gasteiger partial charge in [-0.2, -0.15) is 4.98 Å². The first-order valence-corrected chi connectivity index (χ1v) is 9.19. The zero-order valence-corrected chi connectivity index (χ0v) is 14.3. The lowest BCUT2D eigenvalue weighted by Gasteiger charge is -2.12. The Morgan fingerprint density at radius 1 is 1.17 bits per heavy atom. The van der Waals surface area contributed by atoms with Crippen molar-refractivity contribution in [3.8, 4) is 5.75 Å². The predicted octanol–water partition coefficient (Wildman–Crippen LogP) is 3.53. The van der Waals surface area contributed by atoms with Crippen molar-refractivity contribution in [2.24, 2.45) is 0 Å². The van der Waals surface area contributed by atoms with Crippen LogP contribution in [0.15, 0.2) is 47.4 Å². The van der Waals surface area contributed by atoms with Gasteiger partial charge in [0.1, 0.15) is 11.6 Å². The van der Waals surface area contributed by atoms with Crippen molar-refractivity contribution in [3.05, 3.63) is 47.7 Å². The standard InChI is InChI=1S/C16H14ClN3O3S/c1-2-24(22,23)10-7-8-14(21)13(9-10)18-15-11-5-3-4-6-12(11)19-16(17)20-15/h3-9,21H,2H2,1H3,(H,18,19,20). The van der Waals surface area contributed by atoms with Gasteiger partial charge in [-0.15, -0.1) is 0 Å². The Morgan fingerprint density at radius 2 is 1.92 bits per heavy atom. The summed E-state index contributed by atoms with van der Waals surface area (Å²) in [6.07, 6.45) is 0. The molecule has 0 amide bonds. The monoisotopic (exact) mass is 363 g/mol. The van der Waals surface area contributed by atoms with Crippen LogP contribution in [0, 0.1) is 0 Å². The smallest absolute Gasteiger partial charge is 0.224 e. The summed E-state index contributed by atoms with van der Waals surface area (Å²) in [5.74, 6) is 0.259. The second-order valence-corrected chi connectivity index (χ2v) is 7.68. The number of halogens is 1. The SMILES string of the molecule is CCS(=O)(=O)c1ccc(O)c(Nc2nc(Cl)nc3ccccc23)c1. The van der Waals surface area contributed by atoms with Crippen molar-refractivity contribution in [2.45, 2.75) is 11.8 Å². The lowest BCUT2D eigenvalue weighted by molar-refractivity contribution is 0.477. The highest BCUT2D eigenvalue weighted by Crippen LogP contribution is 2.32.